The molecule has 7 heteroatoms. The smallest absolute Gasteiger partial charge is 0.140 e. The van der Waals surface area contributed by atoms with E-state index in [1.165, 1.54) is 6.33 Å². The molecule has 1 aromatic heterocycles. The number of nitrogens with two attached hydrogens (primary N) is 1. The monoisotopic (exact) mass is 394 g/mol. The molecule has 2 aromatic rings. The number of rotatable bonds is 8. The standard InChI is InChI=1S/C21H29F3N4/c1-15-2-7-19-18(10-15)20(27-14-26-19)28(17-5-3-16(25)4-6-17)9-8-21(11-22,12-23)13-24/h2,7,10,14,16-17H,3-6,8-9,11-13,25H2,1H3. The maximum absolute atomic E-state index is 13.4. The van der Waals surface area contributed by atoms with Gasteiger partial charge in [-0.2, -0.15) is 0 Å². The third-order valence-electron chi connectivity index (χ3n) is 5.96. The zero-order chi connectivity index (χ0) is 20.1. The zero-order valence-electron chi connectivity index (χ0n) is 16.4. The number of alkyl halides is 3. The predicted molar refractivity (Wildman–Crippen MR) is 107 cm³/mol. The van der Waals surface area contributed by atoms with E-state index in [0.717, 1.165) is 48.0 Å². The zero-order valence-corrected chi connectivity index (χ0v) is 16.4. The van der Waals surface area contributed by atoms with Gasteiger partial charge in [0, 0.05) is 24.0 Å². The molecule has 4 nitrogen and oxygen atoms in total. The lowest BCUT2D eigenvalue weighted by atomic mass is 9.87. The molecule has 0 bridgehead atoms. The Morgan fingerprint density at radius 3 is 2.39 bits per heavy atom. The fraction of sp³-hybridized carbons (Fsp3) is 0.619. The van der Waals surface area contributed by atoms with E-state index in [0.29, 0.717) is 6.54 Å². The van der Waals surface area contributed by atoms with Crippen LogP contribution in [0.5, 0.6) is 0 Å². The number of nitrogens with zero attached hydrogens (tertiary/aromatic N) is 3. The van der Waals surface area contributed by atoms with Gasteiger partial charge in [-0.15, -0.1) is 0 Å². The van der Waals surface area contributed by atoms with Gasteiger partial charge in [-0.25, -0.2) is 9.97 Å². The van der Waals surface area contributed by atoms with Gasteiger partial charge in [-0.3, -0.25) is 13.2 Å². The predicted octanol–water partition coefficient (Wildman–Crippen LogP) is 4.30. The number of aromatic nitrogens is 2. The summed E-state index contributed by atoms with van der Waals surface area (Å²) in [6.45, 7) is -0.675. The summed E-state index contributed by atoms with van der Waals surface area (Å²) < 4.78 is 40.3. The van der Waals surface area contributed by atoms with Crippen LogP contribution in [0.25, 0.3) is 10.9 Å². The highest BCUT2D eigenvalue weighted by Gasteiger charge is 2.34. The summed E-state index contributed by atoms with van der Waals surface area (Å²) >= 11 is 0. The maximum Gasteiger partial charge on any atom is 0.140 e. The quantitative estimate of drug-likeness (QED) is 0.725. The molecule has 0 aliphatic heterocycles. The molecule has 1 heterocycles. The van der Waals surface area contributed by atoms with Crippen LogP contribution in [0.1, 0.15) is 37.7 Å². The van der Waals surface area contributed by atoms with Crippen molar-refractivity contribution in [2.45, 2.75) is 51.1 Å². The Labute approximate surface area is 164 Å². The Bertz CT molecular complexity index is 765. The number of aryl methyl sites for hydroxylation is 1. The Hall–Kier alpha value is -1.89. The number of benzene rings is 1. The van der Waals surface area contributed by atoms with Gasteiger partial charge in [0.2, 0.25) is 0 Å². The van der Waals surface area contributed by atoms with E-state index < -0.39 is 25.4 Å². The lowest BCUT2D eigenvalue weighted by Crippen LogP contribution is -2.44. The van der Waals surface area contributed by atoms with Gasteiger partial charge in [0.1, 0.15) is 32.2 Å². The fourth-order valence-corrected chi connectivity index (χ4v) is 3.93. The van der Waals surface area contributed by atoms with Gasteiger partial charge in [0.25, 0.3) is 0 Å². The number of anilines is 1. The van der Waals surface area contributed by atoms with Gasteiger partial charge < -0.3 is 10.6 Å². The van der Waals surface area contributed by atoms with E-state index in [1.54, 1.807) is 0 Å². The summed E-state index contributed by atoms with van der Waals surface area (Å²) in [5.74, 6) is 0.750. The van der Waals surface area contributed by atoms with Crippen LogP contribution in [0.3, 0.4) is 0 Å². The van der Waals surface area contributed by atoms with Crippen molar-refractivity contribution < 1.29 is 13.2 Å². The van der Waals surface area contributed by atoms with Crippen molar-refractivity contribution in [2.75, 3.05) is 31.5 Å². The van der Waals surface area contributed by atoms with Crippen molar-refractivity contribution in [1.29, 1.82) is 0 Å². The molecule has 3 rings (SSSR count). The van der Waals surface area contributed by atoms with E-state index in [9.17, 15) is 13.2 Å². The average molecular weight is 394 g/mol. The number of fused-ring (bicyclic) bond motifs is 1. The Morgan fingerprint density at radius 1 is 1.07 bits per heavy atom. The molecule has 28 heavy (non-hydrogen) atoms. The van der Waals surface area contributed by atoms with Gasteiger partial charge in [-0.1, -0.05) is 11.6 Å². The molecule has 0 amide bonds. The molecule has 0 radical (unpaired) electrons. The van der Waals surface area contributed by atoms with Crippen molar-refractivity contribution in [3.05, 3.63) is 30.1 Å². The highest BCUT2D eigenvalue weighted by molar-refractivity contribution is 5.90. The second kappa shape index (κ2) is 9.07. The highest BCUT2D eigenvalue weighted by Crippen LogP contribution is 2.33. The Kier molecular flexibility index (Phi) is 6.75. The van der Waals surface area contributed by atoms with Gasteiger partial charge >= 0.3 is 0 Å². The fourth-order valence-electron chi connectivity index (χ4n) is 3.93. The van der Waals surface area contributed by atoms with Crippen molar-refractivity contribution >= 4 is 16.7 Å². The van der Waals surface area contributed by atoms with E-state index >= 15 is 0 Å². The average Bonchev–Trinajstić information content (AvgIpc) is 2.73. The van der Waals surface area contributed by atoms with Gasteiger partial charge in [0.05, 0.1) is 10.9 Å². The third kappa shape index (κ3) is 4.40. The first-order chi connectivity index (χ1) is 13.5. The minimum absolute atomic E-state index is 0.0936. The summed E-state index contributed by atoms with van der Waals surface area (Å²) in [6.07, 6.45) is 5.16. The van der Waals surface area contributed by atoms with Crippen LogP contribution in [0.15, 0.2) is 24.5 Å². The van der Waals surface area contributed by atoms with E-state index in [1.807, 2.05) is 25.1 Å². The number of hydrogen-bond acceptors (Lipinski definition) is 4. The van der Waals surface area contributed by atoms with Crippen molar-refractivity contribution in [1.82, 2.24) is 9.97 Å². The minimum atomic E-state index is -1.57. The summed E-state index contributed by atoms with van der Waals surface area (Å²) in [4.78, 5) is 11.0. The van der Waals surface area contributed by atoms with Crippen molar-refractivity contribution in [3.63, 3.8) is 0 Å². The molecular formula is C21H29F3N4. The van der Waals surface area contributed by atoms with Crippen LogP contribution in [-0.4, -0.2) is 48.6 Å². The largest absolute Gasteiger partial charge is 0.353 e. The summed E-state index contributed by atoms with van der Waals surface area (Å²) in [5, 5.41) is 0.906. The number of halogens is 3. The van der Waals surface area contributed by atoms with Crippen LogP contribution < -0.4 is 10.6 Å². The van der Waals surface area contributed by atoms with Crippen LogP contribution in [0, 0.1) is 12.3 Å². The van der Waals surface area contributed by atoms with Crippen LogP contribution in [0.2, 0.25) is 0 Å². The normalized spacial score (nSPS) is 20.5. The number of hydrogen-bond donors (Lipinski definition) is 1. The minimum Gasteiger partial charge on any atom is -0.353 e. The summed E-state index contributed by atoms with van der Waals surface area (Å²) in [5.41, 5.74) is 6.40. The highest BCUT2D eigenvalue weighted by atomic mass is 19.1. The van der Waals surface area contributed by atoms with Crippen molar-refractivity contribution in [3.8, 4) is 0 Å². The Morgan fingerprint density at radius 2 is 1.75 bits per heavy atom. The molecule has 0 unspecified atom stereocenters. The van der Waals surface area contributed by atoms with Crippen LogP contribution in [-0.2, 0) is 0 Å². The summed E-state index contributed by atoms with van der Waals surface area (Å²) in [7, 11) is 0. The molecule has 1 aliphatic rings. The molecule has 1 fully saturated rings. The van der Waals surface area contributed by atoms with E-state index in [4.69, 9.17) is 5.73 Å². The molecule has 0 saturated heterocycles. The third-order valence-corrected chi connectivity index (χ3v) is 5.96. The molecule has 1 aliphatic carbocycles. The lowest BCUT2D eigenvalue weighted by molar-refractivity contribution is 0.103. The first kappa shape index (κ1) is 20.8. The molecule has 0 atom stereocenters. The molecule has 1 saturated carbocycles. The lowest BCUT2D eigenvalue weighted by Gasteiger charge is -2.39. The van der Waals surface area contributed by atoms with Crippen LogP contribution in [0.4, 0.5) is 19.0 Å². The summed E-state index contributed by atoms with van der Waals surface area (Å²) in [6, 6.07) is 6.31. The van der Waals surface area contributed by atoms with E-state index in [2.05, 4.69) is 14.9 Å². The van der Waals surface area contributed by atoms with Crippen LogP contribution >= 0.6 is 0 Å². The van der Waals surface area contributed by atoms with Gasteiger partial charge in [0.15, 0.2) is 0 Å². The molecule has 154 valence electrons. The molecule has 2 N–H and O–H groups in total. The van der Waals surface area contributed by atoms with Gasteiger partial charge in [-0.05, 0) is 51.2 Å². The molecule has 0 spiro atoms. The molecular weight excluding hydrogens is 365 g/mol. The van der Waals surface area contributed by atoms with Crippen molar-refractivity contribution in [2.24, 2.45) is 11.1 Å². The second-order valence-corrected chi connectivity index (χ2v) is 8.13. The topological polar surface area (TPSA) is 55.0 Å². The maximum atomic E-state index is 13.4. The van der Waals surface area contributed by atoms with E-state index in [-0.39, 0.29) is 18.5 Å². The molecule has 1 aromatic carbocycles. The first-order valence-electron chi connectivity index (χ1n) is 9.93. The second-order valence-electron chi connectivity index (χ2n) is 8.13. The first-order valence-corrected chi connectivity index (χ1v) is 9.93. The Balaban J connectivity index is 1.96. The SMILES string of the molecule is Cc1ccc2ncnc(N(CCC(CF)(CF)CF)C3CCC(N)CC3)c2c1.